The van der Waals surface area contributed by atoms with Gasteiger partial charge in [-0.3, -0.25) is 0 Å². The summed E-state index contributed by atoms with van der Waals surface area (Å²) in [5, 5.41) is 6.17. The molecule has 0 fully saturated rings. The fourth-order valence-corrected chi connectivity index (χ4v) is 2.24. The first-order chi connectivity index (χ1) is 8.74. The predicted molar refractivity (Wildman–Crippen MR) is 76.5 cm³/mol. The maximum absolute atomic E-state index is 5.52. The molecule has 18 heavy (non-hydrogen) atoms. The lowest BCUT2D eigenvalue weighted by molar-refractivity contribution is 0.234. The molecule has 0 aliphatic heterocycles. The van der Waals surface area contributed by atoms with Crippen molar-refractivity contribution in [2.75, 3.05) is 11.9 Å². The van der Waals surface area contributed by atoms with Crippen LogP contribution in [0, 0.1) is 0 Å². The summed E-state index contributed by atoms with van der Waals surface area (Å²) in [4.78, 5) is 4.37. The van der Waals surface area contributed by atoms with Crippen molar-refractivity contribution in [1.29, 1.82) is 0 Å². The molecule has 1 heterocycles. The van der Waals surface area contributed by atoms with Crippen LogP contribution < -0.4 is 10.1 Å². The Bertz CT molecular complexity index is 468. The number of hydrogen-bond donors (Lipinski definition) is 1. The normalized spacial score (nSPS) is 10.6. The van der Waals surface area contributed by atoms with E-state index in [0.717, 1.165) is 18.1 Å². The average molecular weight is 262 g/mol. The maximum atomic E-state index is 5.52. The highest BCUT2D eigenvalue weighted by Crippen LogP contribution is 2.21. The minimum Gasteiger partial charge on any atom is -0.474 e. The molecule has 0 amide bonds. The minimum absolute atomic E-state index is 0.171. The lowest BCUT2D eigenvalue weighted by Gasteiger charge is -2.05. The van der Waals surface area contributed by atoms with E-state index >= 15 is 0 Å². The average Bonchev–Trinajstić information content (AvgIpc) is 2.77. The zero-order valence-corrected chi connectivity index (χ0v) is 11.5. The largest absolute Gasteiger partial charge is 0.474 e. The van der Waals surface area contributed by atoms with Crippen molar-refractivity contribution in [1.82, 2.24) is 4.98 Å². The third-order valence-corrected chi connectivity index (χ3v) is 3.15. The Morgan fingerprint density at radius 2 is 2.06 bits per heavy atom. The number of ether oxygens (including phenoxy) is 1. The molecule has 2 rings (SSSR count). The molecule has 4 heteroatoms. The summed E-state index contributed by atoms with van der Waals surface area (Å²) >= 11 is 1.58. The van der Waals surface area contributed by atoms with E-state index in [4.69, 9.17) is 4.74 Å². The van der Waals surface area contributed by atoms with E-state index in [1.54, 1.807) is 11.3 Å². The summed E-state index contributed by atoms with van der Waals surface area (Å²) in [7, 11) is 0. The van der Waals surface area contributed by atoms with Crippen LogP contribution in [0.5, 0.6) is 5.88 Å². The number of rotatable bonds is 6. The Balaban J connectivity index is 1.78. The van der Waals surface area contributed by atoms with E-state index in [-0.39, 0.29) is 6.10 Å². The van der Waals surface area contributed by atoms with Gasteiger partial charge in [-0.05, 0) is 25.8 Å². The second-order valence-electron chi connectivity index (χ2n) is 4.32. The lowest BCUT2D eigenvalue weighted by Crippen LogP contribution is -2.07. The summed E-state index contributed by atoms with van der Waals surface area (Å²) in [5.41, 5.74) is 1.33. The van der Waals surface area contributed by atoms with E-state index in [2.05, 4.69) is 34.6 Å². The highest BCUT2D eigenvalue weighted by Gasteiger charge is 2.03. The summed E-state index contributed by atoms with van der Waals surface area (Å²) < 4.78 is 5.52. The second kappa shape index (κ2) is 6.40. The van der Waals surface area contributed by atoms with Gasteiger partial charge in [0.15, 0.2) is 5.13 Å². The van der Waals surface area contributed by atoms with E-state index in [9.17, 15) is 0 Å². The Labute approximate surface area is 112 Å². The van der Waals surface area contributed by atoms with Crippen molar-refractivity contribution < 1.29 is 4.74 Å². The number of benzene rings is 1. The summed E-state index contributed by atoms with van der Waals surface area (Å²) in [6, 6.07) is 10.4. The van der Waals surface area contributed by atoms with Gasteiger partial charge in [-0.15, -0.1) is 11.3 Å². The van der Waals surface area contributed by atoms with Crippen LogP contribution in [0.2, 0.25) is 0 Å². The van der Waals surface area contributed by atoms with Gasteiger partial charge in [0.2, 0.25) is 5.88 Å². The van der Waals surface area contributed by atoms with Crippen LogP contribution in [0.1, 0.15) is 19.4 Å². The molecule has 0 saturated heterocycles. The van der Waals surface area contributed by atoms with Gasteiger partial charge in [0, 0.05) is 6.54 Å². The molecule has 0 radical (unpaired) electrons. The van der Waals surface area contributed by atoms with Crippen LogP contribution in [0.25, 0.3) is 0 Å². The molecule has 0 atom stereocenters. The number of anilines is 1. The number of nitrogens with one attached hydrogen (secondary N) is 1. The summed E-state index contributed by atoms with van der Waals surface area (Å²) in [6.45, 7) is 4.89. The lowest BCUT2D eigenvalue weighted by atomic mass is 10.2. The number of nitrogens with zero attached hydrogens (tertiary/aromatic N) is 1. The molecular formula is C14H18N2OS. The molecule has 0 aliphatic rings. The number of thiazole rings is 1. The molecule has 0 bridgehead atoms. The van der Waals surface area contributed by atoms with Crippen molar-refractivity contribution in [2.45, 2.75) is 26.4 Å². The van der Waals surface area contributed by atoms with Gasteiger partial charge in [-0.2, -0.15) is 4.98 Å². The van der Waals surface area contributed by atoms with Crippen molar-refractivity contribution in [3.8, 4) is 5.88 Å². The molecule has 0 spiro atoms. The van der Waals surface area contributed by atoms with Gasteiger partial charge in [0.1, 0.15) is 0 Å². The summed E-state index contributed by atoms with van der Waals surface area (Å²) in [6.07, 6.45) is 1.17. The van der Waals surface area contributed by atoms with E-state index < -0.39 is 0 Å². The van der Waals surface area contributed by atoms with Gasteiger partial charge in [0.25, 0.3) is 0 Å². The molecule has 0 saturated carbocycles. The van der Waals surface area contributed by atoms with Crippen LogP contribution in [0.15, 0.2) is 35.7 Å². The van der Waals surface area contributed by atoms with Crippen LogP contribution in [-0.2, 0) is 6.42 Å². The monoisotopic (exact) mass is 262 g/mol. The molecule has 1 N–H and O–H groups in total. The van der Waals surface area contributed by atoms with Crippen molar-refractivity contribution in [2.24, 2.45) is 0 Å². The third kappa shape index (κ3) is 4.04. The van der Waals surface area contributed by atoms with Crippen LogP contribution in [0.4, 0.5) is 5.13 Å². The predicted octanol–water partition coefficient (Wildman–Crippen LogP) is 3.58. The van der Waals surface area contributed by atoms with Gasteiger partial charge >= 0.3 is 0 Å². The quantitative estimate of drug-likeness (QED) is 0.864. The third-order valence-electron chi connectivity index (χ3n) is 2.37. The van der Waals surface area contributed by atoms with Gasteiger partial charge in [0.05, 0.1) is 11.5 Å². The van der Waals surface area contributed by atoms with E-state index in [0.29, 0.717) is 5.88 Å². The van der Waals surface area contributed by atoms with Gasteiger partial charge in [-0.25, -0.2) is 0 Å². The van der Waals surface area contributed by atoms with E-state index in [1.165, 1.54) is 5.56 Å². The molecule has 96 valence electrons. The number of aromatic nitrogens is 1. The summed E-state index contributed by atoms with van der Waals surface area (Å²) in [5.74, 6) is 0.706. The number of hydrogen-bond acceptors (Lipinski definition) is 4. The molecule has 1 aromatic carbocycles. The Morgan fingerprint density at radius 1 is 1.28 bits per heavy atom. The first-order valence-electron chi connectivity index (χ1n) is 6.14. The highest BCUT2D eigenvalue weighted by molar-refractivity contribution is 7.13. The molecule has 1 aromatic heterocycles. The topological polar surface area (TPSA) is 34.1 Å². The Kier molecular flexibility index (Phi) is 4.59. The first-order valence-corrected chi connectivity index (χ1v) is 7.02. The highest BCUT2D eigenvalue weighted by atomic mass is 32.1. The van der Waals surface area contributed by atoms with Crippen molar-refractivity contribution in [3.05, 3.63) is 41.3 Å². The zero-order valence-electron chi connectivity index (χ0n) is 10.7. The zero-order chi connectivity index (χ0) is 12.8. The van der Waals surface area contributed by atoms with E-state index in [1.807, 2.05) is 25.3 Å². The minimum atomic E-state index is 0.171. The maximum Gasteiger partial charge on any atom is 0.226 e. The van der Waals surface area contributed by atoms with Gasteiger partial charge < -0.3 is 10.1 Å². The molecule has 2 aromatic rings. The SMILES string of the molecule is CC(C)Oc1csc(NCCc2ccccc2)n1. The Morgan fingerprint density at radius 3 is 2.78 bits per heavy atom. The molecule has 0 aliphatic carbocycles. The molecule has 3 nitrogen and oxygen atoms in total. The van der Waals surface area contributed by atoms with Crippen LogP contribution in [-0.4, -0.2) is 17.6 Å². The standard InChI is InChI=1S/C14H18N2OS/c1-11(2)17-13-10-18-14(16-13)15-9-8-12-6-4-3-5-7-12/h3-7,10-11H,8-9H2,1-2H3,(H,15,16). The van der Waals surface area contributed by atoms with Crippen molar-refractivity contribution in [3.63, 3.8) is 0 Å². The first kappa shape index (κ1) is 12.9. The fraction of sp³-hybridized carbons (Fsp3) is 0.357. The second-order valence-corrected chi connectivity index (χ2v) is 5.18. The molecule has 0 unspecified atom stereocenters. The molecular weight excluding hydrogens is 244 g/mol. The smallest absolute Gasteiger partial charge is 0.226 e. The van der Waals surface area contributed by atoms with Crippen molar-refractivity contribution >= 4 is 16.5 Å². The van der Waals surface area contributed by atoms with Crippen LogP contribution >= 0.6 is 11.3 Å². The van der Waals surface area contributed by atoms with Gasteiger partial charge in [-0.1, -0.05) is 30.3 Å². The van der Waals surface area contributed by atoms with Crippen LogP contribution in [0.3, 0.4) is 0 Å². The Hall–Kier alpha value is -1.55. The fourth-order valence-electron chi connectivity index (χ4n) is 1.59.